The topological polar surface area (TPSA) is 95.7 Å². The van der Waals surface area contributed by atoms with E-state index in [1.165, 1.54) is 0 Å². The Bertz CT molecular complexity index is 474. The number of nitrogens with zero attached hydrogens (tertiary/aromatic N) is 1. The molecule has 0 aliphatic carbocycles. The first kappa shape index (κ1) is 16.1. The van der Waals surface area contributed by atoms with Gasteiger partial charge in [-0.3, -0.25) is 9.59 Å². The van der Waals surface area contributed by atoms with Crippen LogP contribution >= 0.6 is 0 Å². The van der Waals surface area contributed by atoms with Crippen LogP contribution in [-0.4, -0.2) is 42.0 Å². The molecular formula is C14H21N3O3. The maximum Gasteiger partial charge on any atom is 0.303 e. The van der Waals surface area contributed by atoms with Crippen LogP contribution in [0.4, 0.5) is 5.69 Å². The number of amides is 1. The summed E-state index contributed by atoms with van der Waals surface area (Å²) in [6, 6.07) is 6.67. The van der Waals surface area contributed by atoms with Crippen molar-refractivity contribution in [2.45, 2.75) is 25.4 Å². The van der Waals surface area contributed by atoms with Crippen LogP contribution in [-0.2, 0) is 16.1 Å². The van der Waals surface area contributed by atoms with Crippen molar-refractivity contribution in [1.29, 1.82) is 0 Å². The molecule has 110 valence electrons. The molecule has 0 radical (unpaired) electrons. The van der Waals surface area contributed by atoms with Crippen molar-refractivity contribution in [3.8, 4) is 0 Å². The van der Waals surface area contributed by atoms with Gasteiger partial charge in [-0.05, 0) is 38.2 Å². The van der Waals surface area contributed by atoms with E-state index in [0.29, 0.717) is 5.69 Å². The predicted molar refractivity (Wildman–Crippen MR) is 77.3 cm³/mol. The zero-order valence-electron chi connectivity index (χ0n) is 11.8. The molecule has 0 fully saturated rings. The number of carbonyl (C=O) groups excluding carboxylic acids is 1. The average Bonchev–Trinajstić information content (AvgIpc) is 2.35. The highest BCUT2D eigenvalue weighted by atomic mass is 16.4. The molecule has 0 aromatic heterocycles. The number of anilines is 1. The zero-order chi connectivity index (χ0) is 15.1. The Balaban J connectivity index is 2.58. The van der Waals surface area contributed by atoms with Crippen LogP contribution in [0.1, 0.15) is 18.4 Å². The van der Waals surface area contributed by atoms with Gasteiger partial charge in [0, 0.05) is 18.7 Å². The molecule has 1 amide bonds. The highest BCUT2D eigenvalue weighted by molar-refractivity contribution is 5.94. The largest absolute Gasteiger partial charge is 0.481 e. The number of nitrogens with one attached hydrogen (secondary N) is 1. The van der Waals surface area contributed by atoms with Crippen LogP contribution in [0, 0.1) is 0 Å². The minimum Gasteiger partial charge on any atom is -0.481 e. The van der Waals surface area contributed by atoms with E-state index in [1.54, 1.807) is 6.07 Å². The van der Waals surface area contributed by atoms with E-state index in [2.05, 4.69) is 5.32 Å². The molecule has 1 unspecified atom stereocenters. The third-order valence-corrected chi connectivity index (χ3v) is 2.70. The number of nitrogens with two attached hydrogens (primary N) is 1. The van der Waals surface area contributed by atoms with Crippen LogP contribution in [0.25, 0.3) is 0 Å². The summed E-state index contributed by atoms with van der Waals surface area (Å²) in [5.41, 5.74) is 7.39. The number of hydrogen-bond acceptors (Lipinski definition) is 4. The van der Waals surface area contributed by atoms with Gasteiger partial charge >= 0.3 is 5.97 Å². The van der Waals surface area contributed by atoms with Crippen LogP contribution < -0.4 is 11.1 Å². The van der Waals surface area contributed by atoms with Gasteiger partial charge in [0.1, 0.15) is 0 Å². The van der Waals surface area contributed by atoms with E-state index in [4.69, 9.17) is 10.8 Å². The number of carboxylic acids is 1. The molecule has 6 nitrogen and oxygen atoms in total. The number of hydrogen-bond donors (Lipinski definition) is 3. The average molecular weight is 279 g/mol. The Hall–Kier alpha value is -1.92. The summed E-state index contributed by atoms with van der Waals surface area (Å²) in [7, 11) is 3.93. The lowest BCUT2D eigenvalue weighted by molar-refractivity contribution is -0.137. The van der Waals surface area contributed by atoms with Crippen molar-refractivity contribution in [2.24, 2.45) is 5.73 Å². The zero-order valence-corrected chi connectivity index (χ0v) is 11.8. The third kappa shape index (κ3) is 5.81. The molecule has 0 bridgehead atoms. The van der Waals surface area contributed by atoms with Gasteiger partial charge in [0.15, 0.2) is 0 Å². The Morgan fingerprint density at radius 1 is 1.40 bits per heavy atom. The number of carbonyl (C=O) groups is 2. The van der Waals surface area contributed by atoms with Gasteiger partial charge in [0.25, 0.3) is 0 Å². The second kappa shape index (κ2) is 7.62. The minimum atomic E-state index is -0.957. The van der Waals surface area contributed by atoms with E-state index in [9.17, 15) is 9.59 Å². The Kier molecular flexibility index (Phi) is 6.14. The standard InChI is InChI=1S/C14H21N3O3/c1-17(2)9-10-4-3-5-11(8-10)16-14(20)12(15)6-7-13(18)19/h3-5,8,12H,6-7,9,15H2,1-2H3,(H,16,20)(H,18,19). The molecule has 0 spiro atoms. The molecule has 1 aromatic rings. The van der Waals surface area contributed by atoms with Crippen LogP contribution in [0.2, 0.25) is 0 Å². The molecule has 0 saturated heterocycles. The summed E-state index contributed by atoms with van der Waals surface area (Å²) in [5.74, 6) is -1.32. The summed E-state index contributed by atoms with van der Waals surface area (Å²) < 4.78 is 0. The normalized spacial score (nSPS) is 12.2. The molecule has 0 heterocycles. The first-order valence-electron chi connectivity index (χ1n) is 6.40. The van der Waals surface area contributed by atoms with Crippen LogP contribution in [0.3, 0.4) is 0 Å². The number of carboxylic acid groups (broad SMARTS) is 1. The van der Waals surface area contributed by atoms with Crippen molar-refractivity contribution in [1.82, 2.24) is 4.90 Å². The fourth-order valence-corrected chi connectivity index (χ4v) is 1.76. The van der Waals surface area contributed by atoms with Gasteiger partial charge in [-0.2, -0.15) is 0 Å². The van der Waals surface area contributed by atoms with Crippen molar-refractivity contribution >= 4 is 17.6 Å². The van der Waals surface area contributed by atoms with E-state index >= 15 is 0 Å². The smallest absolute Gasteiger partial charge is 0.303 e. The highest BCUT2D eigenvalue weighted by Crippen LogP contribution is 2.12. The van der Waals surface area contributed by atoms with Crippen LogP contribution in [0.15, 0.2) is 24.3 Å². The fourth-order valence-electron chi connectivity index (χ4n) is 1.76. The Labute approximate surface area is 118 Å². The summed E-state index contributed by atoms with van der Waals surface area (Å²) >= 11 is 0. The summed E-state index contributed by atoms with van der Waals surface area (Å²) in [6.07, 6.45) is 0.00775. The molecule has 6 heteroatoms. The van der Waals surface area contributed by atoms with E-state index < -0.39 is 12.0 Å². The maximum absolute atomic E-state index is 11.8. The van der Waals surface area contributed by atoms with Crippen LogP contribution in [0.5, 0.6) is 0 Å². The molecule has 0 aliphatic heterocycles. The summed E-state index contributed by atoms with van der Waals surface area (Å²) in [4.78, 5) is 24.3. The van der Waals surface area contributed by atoms with Gasteiger partial charge in [-0.15, -0.1) is 0 Å². The third-order valence-electron chi connectivity index (χ3n) is 2.70. The van der Waals surface area contributed by atoms with Gasteiger partial charge in [-0.25, -0.2) is 0 Å². The van der Waals surface area contributed by atoms with E-state index in [0.717, 1.165) is 12.1 Å². The lowest BCUT2D eigenvalue weighted by atomic mass is 10.1. The van der Waals surface area contributed by atoms with Gasteiger partial charge in [0.2, 0.25) is 5.91 Å². The van der Waals surface area contributed by atoms with E-state index in [-0.39, 0.29) is 18.7 Å². The molecule has 20 heavy (non-hydrogen) atoms. The first-order valence-corrected chi connectivity index (χ1v) is 6.40. The van der Waals surface area contributed by atoms with Crippen molar-refractivity contribution < 1.29 is 14.7 Å². The monoisotopic (exact) mass is 279 g/mol. The number of aliphatic carboxylic acids is 1. The molecule has 1 rings (SSSR count). The van der Waals surface area contributed by atoms with Gasteiger partial charge < -0.3 is 21.1 Å². The number of rotatable bonds is 7. The molecule has 1 atom stereocenters. The Morgan fingerprint density at radius 3 is 2.70 bits per heavy atom. The first-order chi connectivity index (χ1) is 9.38. The number of benzene rings is 1. The lowest BCUT2D eigenvalue weighted by Gasteiger charge is -2.13. The maximum atomic E-state index is 11.8. The molecule has 4 N–H and O–H groups in total. The quantitative estimate of drug-likeness (QED) is 0.688. The summed E-state index contributed by atoms with van der Waals surface area (Å²) in [5, 5.41) is 11.3. The van der Waals surface area contributed by atoms with E-state index in [1.807, 2.05) is 37.2 Å². The Morgan fingerprint density at radius 2 is 2.10 bits per heavy atom. The fraction of sp³-hybridized carbons (Fsp3) is 0.429. The minimum absolute atomic E-state index is 0.116. The predicted octanol–water partition coefficient (Wildman–Crippen LogP) is 0.879. The molecule has 0 aliphatic rings. The second-order valence-corrected chi connectivity index (χ2v) is 4.97. The molecule has 0 saturated carbocycles. The second-order valence-electron chi connectivity index (χ2n) is 4.97. The molecule has 1 aromatic carbocycles. The lowest BCUT2D eigenvalue weighted by Crippen LogP contribution is -2.36. The molecular weight excluding hydrogens is 258 g/mol. The SMILES string of the molecule is CN(C)Cc1cccc(NC(=O)C(N)CCC(=O)O)c1. The van der Waals surface area contributed by atoms with Crippen molar-refractivity contribution in [3.05, 3.63) is 29.8 Å². The van der Waals surface area contributed by atoms with Crippen molar-refractivity contribution in [3.63, 3.8) is 0 Å². The van der Waals surface area contributed by atoms with Crippen molar-refractivity contribution in [2.75, 3.05) is 19.4 Å². The summed E-state index contributed by atoms with van der Waals surface area (Å²) in [6.45, 7) is 0.773. The van der Waals surface area contributed by atoms with Gasteiger partial charge in [-0.1, -0.05) is 12.1 Å². The van der Waals surface area contributed by atoms with Gasteiger partial charge in [0.05, 0.1) is 6.04 Å². The highest BCUT2D eigenvalue weighted by Gasteiger charge is 2.15.